The molecule has 1 amide bonds. The number of hydrogen-bond acceptors (Lipinski definition) is 5. The van der Waals surface area contributed by atoms with E-state index in [1.54, 1.807) is 26.8 Å². The van der Waals surface area contributed by atoms with Gasteiger partial charge in [-0.3, -0.25) is 0 Å². The molecule has 2 rings (SSSR count). The zero-order valence-electron chi connectivity index (χ0n) is 14.1. The Balaban J connectivity index is 2.22. The number of nitrogens with zero attached hydrogens (tertiary/aromatic N) is 2. The maximum Gasteiger partial charge on any atom is 0.410 e. The molecule has 1 aromatic carbocycles. The van der Waals surface area contributed by atoms with Gasteiger partial charge in [0.2, 0.25) is 0 Å². The molecule has 6 nitrogen and oxygen atoms in total. The molecule has 1 aliphatic heterocycles. The Morgan fingerprint density at radius 2 is 2.04 bits per heavy atom. The van der Waals surface area contributed by atoms with Crippen molar-refractivity contribution >= 4 is 11.8 Å². The van der Waals surface area contributed by atoms with Crippen LogP contribution in [0.2, 0.25) is 0 Å². The van der Waals surface area contributed by atoms with Crippen LogP contribution in [0.4, 0.5) is 9.18 Å². The summed E-state index contributed by atoms with van der Waals surface area (Å²) in [5.74, 6) is -1.25. The molecule has 7 heteroatoms. The van der Waals surface area contributed by atoms with Crippen LogP contribution in [0.3, 0.4) is 0 Å². The number of piperidine rings is 1. The molecule has 1 heterocycles. The number of halogens is 1. The zero-order valence-corrected chi connectivity index (χ0v) is 14.1. The van der Waals surface area contributed by atoms with Crippen molar-refractivity contribution in [1.29, 1.82) is 0 Å². The molecular weight excluding hydrogens is 315 g/mol. The SMILES string of the molecule is CC(C)(C)OC(=O)N1CCC(O)C(/C(=N\O)c2ccccc2F)C1. The summed E-state index contributed by atoms with van der Waals surface area (Å²) in [6, 6.07) is 5.87. The molecule has 0 aliphatic carbocycles. The first-order chi connectivity index (χ1) is 11.2. The van der Waals surface area contributed by atoms with E-state index in [9.17, 15) is 19.5 Å². The fourth-order valence-electron chi connectivity index (χ4n) is 2.70. The highest BCUT2D eigenvalue weighted by Crippen LogP contribution is 2.25. The molecule has 1 saturated heterocycles. The van der Waals surface area contributed by atoms with Gasteiger partial charge in [-0.15, -0.1) is 0 Å². The largest absolute Gasteiger partial charge is 0.444 e. The van der Waals surface area contributed by atoms with E-state index in [2.05, 4.69) is 5.16 Å². The van der Waals surface area contributed by atoms with Crippen LogP contribution in [0.5, 0.6) is 0 Å². The number of likely N-dealkylation sites (tertiary alicyclic amines) is 1. The summed E-state index contributed by atoms with van der Waals surface area (Å²) in [7, 11) is 0. The Hall–Kier alpha value is -2.15. The molecule has 1 aliphatic rings. The average molecular weight is 338 g/mol. The average Bonchev–Trinajstić information content (AvgIpc) is 2.49. The van der Waals surface area contributed by atoms with E-state index in [-0.39, 0.29) is 24.2 Å². The van der Waals surface area contributed by atoms with Crippen LogP contribution >= 0.6 is 0 Å². The Morgan fingerprint density at radius 3 is 2.62 bits per heavy atom. The molecule has 2 atom stereocenters. The molecule has 0 radical (unpaired) electrons. The quantitative estimate of drug-likeness (QED) is 0.493. The summed E-state index contributed by atoms with van der Waals surface area (Å²) in [5, 5.41) is 22.8. The molecule has 0 spiro atoms. The maximum absolute atomic E-state index is 14.0. The van der Waals surface area contributed by atoms with Crippen LogP contribution in [0.1, 0.15) is 32.8 Å². The number of hydrogen-bond donors (Lipinski definition) is 2. The van der Waals surface area contributed by atoms with Gasteiger partial charge >= 0.3 is 6.09 Å². The van der Waals surface area contributed by atoms with Crippen molar-refractivity contribution in [3.05, 3.63) is 35.6 Å². The van der Waals surface area contributed by atoms with E-state index in [0.29, 0.717) is 6.54 Å². The van der Waals surface area contributed by atoms with Crippen LogP contribution < -0.4 is 0 Å². The van der Waals surface area contributed by atoms with Crippen molar-refractivity contribution in [3.8, 4) is 0 Å². The first-order valence-electron chi connectivity index (χ1n) is 7.86. The van der Waals surface area contributed by atoms with E-state index in [4.69, 9.17) is 4.74 Å². The summed E-state index contributed by atoms with van der Waals surface area (Å²) >= 11 is 0. The Bertz CT molecular complexity index is 627. The van der Waals surface area contributed by atoms with Crippen molar-refractivity contribution in [2.75, 3.05) is 13.1 Å². The highest BCUT2D eigenvalue weighted by atomic mass is 19.1. The second-order valence-corrected chi connectivity index (χ2v) is 6.85. The smallest absolute Gasteiger partial charge is 0.410 e. The van der Waals surface area contributed by atoms with Gasteiger partial charge < -0.3 is 20.0 Å². The topological polar surface area (TPSA) is 82.4 Å². The first-order valence-corrected chi connectivity index (χ1v) is 7.86. The second kappa shape index (κ2) is 7.17. The van der Waals surface area contributed by atoms with Crippen LogP contribution in [0.25, 0.3) is 0 Å². The fourth-order valence-corrected chi connectivity index (χ4v) is 2.70. The van der Waals surface area contributed by atoms with Gasteiger partial charge in [0.05, 0.1) is 11.8 Å². The van der Waals surface area contributed by atoms with Crippen molar-refractivity contribution < 1.29 is 24.2 Å². The molecule has 24 heavy (non-hydrogen) atoms. The third kappa shape index (κ3) is 4.23. The number of aliphatic hydroxyl groups excluding tert-OH is 1. The lowest BCUT2D eigenvalue weighted by Crippen LogP contribution is -2.50. The number of ether oxygens (including phenoxy) is 1. The van der Waals surface area contributed by atoms with Crippen molar-refractivity contribution in [2.24, 2.45) is 11.1 Å². The van der Waals surface area contributed by atoms with Gasteiger partial charge in [0, 0.05) is 24.6 Å². The highest BCUT2D eigenvalue weighted by Gasteiger charge is 2.36. The third-order valence-electron chi connectivity index (χ3n) is 3.84. The van der Waals surface area contributed by atoms with Crippen LogP contribution in [-0.2, 0) is 4.74 Å². The van der Waals surface area contributed by atoms with Crippen molar-refractivity contribution in [2.45, 2.75) is 38.9 Å². The standard InChI is InChI=1S/C17H23FN2O4/c1-17(2,3)24-16(22)20-9-8-14(21)12(10-20)15(19-23)11-6-4-5-7-13(11)18/h4-7,12,14,21,23H,8-10H2,1-3H3/b19-15-. The maximum atomic E-state index is 14.0. The highest BCUT2D eigenvalue weighted by molar-refractivity contribution is 6.02. The van der Waals surface area contributed by atoms with Crippen molar-refractivity contribution in [3.63, 3.8) is 0 Å². The molecule has 2 N–H and O–H groups in total. The van der Waals surface area contributed by atoms with Crippen LogP contribution in [0.15, 0.2) is 29.4 Å². The molecule has 0 bridgehead atoms. The lowest BCUT2D eigenvalue weighted by Gasteiger charge is -2.37. The number of oxime groups is 1. The van der Waals surface area contributed by atoms with E-state index >= 15 is 0 Å². The Kier molecular flexibility index (Phi) is 5.43. The van der Waals surface area contributed by atoms with Gasteiger partial charge in [-0.1, -0.05) is 23.4 Å². The monoisotopic (exact) mass is 338 g/mol. The first kappa shape index (κ1) is 18.2. The molecular formula is C17H23FN2O4. The predicted octanol–water partition coefficient (Wildman–Crippen LogP) is 2.62. The molecule has 2 unspecified atom stereocenters. The lowest BCUT2D eigenvalue weighted by molar-refractivity contribution is 0.00213. The Labute approximate surface area is 140 Å². The second-order valence-electron chi connectivity index (χ2n) is 6.85. The number of rotatable bonds is 2. The normalized spacial score (nSPS) is 22.4. The summed E-state index contributed by atoms with van der Waals surface area (Å²) in [5.41, 5.74) is -0.508. The molecule has 0 saturated carbocycles. The molecule has 132 valence electrons. The zero-order chi connectivity index (χ0) is 17.9. The van der Waals surface area contributed by atoms with Gasteiger partial charge in [-0.25, -0.2) is 9.18 Å². The fraction of sp³-hybridized carbons (Fsp3) is 0.529. The van der Waals surface area contributed by atoms with Crippen LogP contribution in [0, 0.1) is 11.7 Å². The number of carbonyl (C=O) groups excluding carboxylic acids is 1. The number of benzene rings is 1. The number of aliphatic hydroxyl groups is 1. The summed E-state index contributed by atoms with van der Waals surface area (Å²) in [4.78, 5) is 13.7. The summed E-state index contributed by atoms with van der Waals surface area (Å²) in [6.45, 7) is 5.70. The van der Waals surface area contributed by atoms with E-state index in [0.717, 1.165) is 0 Å². The molecule has 1 aromatic rings. The minimum absolute atomic E-state index is 0.0221. The van der Waals surface area contributed by atoms with Gasteiger partial charge in [0.1, 0.15) is 11.4 Å². The van der Waals surface area contributed by atoms with Gasteiger partial charge in [0.15, 0.2) is 0 Å². The van der Waals surface area contributed by atoms with E-state index in [1.807, 2.05) is 0 Å². The number of carbonyl (C=O) groups is 1. The lowest BCUT2D eigenvalue weighted by atomic mass is 9.87. The van der Waals surface area contributed by atoms with E-state index < -0.39 is 29.5 Å². The minimum atomic E-state index is -0.839. The van der Waals surface area contributed by atoms with Crippen molar-refractivity contribution in [1.82, 2.24) is 4.90 Å². The van der Waals surface area contributed by atoms with Gasteiger partial charge in [-0.05, 0) is 33.3 Å². The third-order valence-corrected chi connectivity index (χ3v) is 3.84. The summed E-state index contributed by atoms with van der Waals surface area (Å²) in [6.07, 6.45) is -1.06. The number of amides is 1. The Morgan fingerprint density at radius 1 is 1.38 bits per heavy atom. The molecule has 0 aromatic heterocycles. The van der Waals surface area contributed by atoms with Gasteiger partial charge in [-0.2, -0.15) is 0 Å². The predicted molar refractivity (Wildman–Crippen MR) is 86.6 cm³/mol. The van der Waals surface area contributed by atoms with Crippen LogP contribution in [-0.4, -0.2) is 51.8 Å². The van der Waals surface area contributed by atoms with Gasteiger partial charge in [0.25, 0.3) is 0 Å². The van der Waals surface area contributed by atoms with E-state index in [1.165, 1.54) is 23.1 Å². The summed E-state index contributed by atoms with van der Waals surface area (Å²) < 4.78 is 19.3. The molecule has 1 fully saturated rings. The minimum Gasteiger partial charge on any atom is -0.444 e.